The van der Waals surface area contributed by atoms with Crippen LogP contribution in [-0.2, 0) is 72.0 Å². The molecule has 0 spiro atoms. The van der Waals surface area contributed by atoms with E-state index in [-0.39, 0.29) is 33.0 Å². The zero-order chi connectivity index (χ0) is 38.3. The van der Waals surface area contributed by atoms with Crippen molar-refractivity contribution >= 4 is 11.9 Å². The molecule has 10 atom stereocenters. The minimum Gasteiger partial charge on any atom is -0.467 e. The summed E-state index contributed by atoms with van der Waals surface area (Å²) in [5, 5.41) is 15.6. The van der Waals surface area contributed by atoms with Crippen LogP contribution in [0.15, 0.2) is 109 Å². The summed E-state index contributed by atoms with van der Waals surface area (Å²) in [5.74, 6) is -1.55. The van der Waals surface area contributed by atoms with Crippen LogP contribution in [-0.4, -0.2) is 98.7 Å². The van der Waals surface area contributed by atoms with Gasteiger partial charge in [-0.2, -0.15) is 0 Å². The van der Waals surface area contributed by atoms with Crippen LogP contribution in [0, 0.1) is 0 Å². The van der Waals surface area contributed by atoms with E-state index in [2.05, 4.69) is 16.6 Å². The van der Waals surface area contributed by atoms with Crippen LogP contribution in [0.3, 0.4) is 0 Å². The molecule has 0 radical (unpaired) electrons. The van der Waals surface area contributed by atoms with Crippen molar-refractivity contribution in [3.05, 3.63) is 131 Å². The van der Waals surface area contributed by atoms with Gasteiger partial charge in [-0.15, -0.1) is 6.58 Å². The predicted octanol–water partition coefficient (Wildman–Crippen LogP) is 4.56. The van der Waals surface area contributed by atoms with E-state index in [1.807, 2.05) is 91.0 Å². The van der Waals surface area contributed by atoms with Gasteiger partial charge in [-0.05, 0) is 22.2 Å². The standard InChI is InChI=1S/C39H45N3O12/c1-4-20-48-39-36(51-25(2)43)33(50-23-28-18-12-7-13-19-28)34(35(54-39)37(45)46-3)53-38-30(41-42-40)32(49-22-27-16-10-6-11-17-27)31(44)29(52-38)24-47-21-26-14-8-5-9-15-26/h4-19,29-36,38-39,44H,1,20-24H2,2-3H3/t29-,30-,31-,32-,33+,34+,35-,36-,38-,39-/m1/s1. The maximum absolute atomic E-state index is 13.4. The summed E-state index contributed by atoms with van der Waals surface area (Å²) >= 11 is 0. The maximum atomic E-state index is 13.4. The van der Waals surface area contributed by atoms with Gasteiger partial charge >= 0.3 is 11.9 Å². The fourth-order valence-electron chi connectivity index (χ4n) is 6.15. The fourth-order valence-corrected chi connectivity index (χ4v) is 6.15. The van der Waals surface area contributed by atoms with Gasteiger partial charge in [-0.1, -0.05) is 102 Å². The predicted molar refractivity (Wildman–Crippen MR) is 191 cm³/mol. The summed E-state index contributed by atoms with van der Waals surface area (Å²) in [6.45, 7) is 4.98. The van der Waals surface area contributed by atoms with Gasteiger partial charge < -0.3 is 47.7 Å². The number of carbonyl (C=O) groups excluding carboxylic acids is 2. The molecule has 3 aromatic rings. The normalized spacial score (nSPS) is 28.0. The molecule has 15 nitrogen and oxygen atoms in total. The Hall–Kier alpha value is -4.67. The van der Waals surface area contributed by atoms with Crippen molar-refractivity contribution in [3.63, 3.8) is 0 Å². The Balaban J connectivity index is 1.51. The number of nitrogens with zero attached hydrogens (tertiary/aromatic N) is 3. The Kier molecular flexibility index (Phi) is 15.5. The first-order chi connectivity index (χ1) is 26.3. The molecule has 0 aromatic heterocycles. The second-order valence-electron chi connectivity index (χ2n) is 12.5. The molecule has 2 aliphatic heterocycles. The fraction of sp³-hybridized carbons (Fsp3) is 0.436. The summed E-state index contributed by atoms with van der Waals surface area (Å²) in [4.78, 5) is 29.0. The van der Waals surface area contributed by atoms with Gasteiger partial charge in [0, 0.05) is 11.8 Å². The lowest BCUT2D eigenvalue weighted by atomic mass is 9.95. The minimum absolute atomic E-state index is 0.00597. The summed E-state index contributed by atoms with van der Waals surface area (Å²) in [6.07, 6.45) is -10.4. The van der Waals surface area contributed by atoms with Crippen molar-refractivity contribution in [2.75, 3.05) is 20.3 Å². The van der Waals surface area contributed by atoms with E-state index in [4.69, 9.17) is 42.6 Å². The van der Waals surface area contributed by atoms with Crippen LogP contribution in [0.4, 0.5) is 0 Å². The summed E-state index contributed by atoms with van der Waals surface area (Å²) in [5.41, 5.74) is 12.2. The molecule has 288 valence electrons. The van der Waals surface area contributed by atoms with Crippen molar-refractivity contribution in [1.29, 1.82) is 0 Å². The molecule has 1 N–H and O–H groups in total. The largest absolute Gasteiger partial charge is 0.467 e. The van der Waals surface area contributed by atoms with E-state index >= 15 is 0 Å². The van der Waals surface area contributed by atoms with Crippen LogP contribution in [0.1, 0.15) is 23.6 Å². The highest BCUT2D eigenvalue weighted by atomic mass is 16.8. The van der Waals surface area contributed by atoms with Crippen molar-refractivity contribution in [2.24, 2.45) is 5.11 Å². The Labute approximate surface area is 313 Å². The SMILES string of the molecule is C=CCO[C@@H]1O[C@@H](C(=O)OC)[C@@H](O[C@H]2O[C@H](COCc3ccccc3)[C@@H](O)[C@H](OCc3ccccc3)[C@H]2N=[N+]=[N-])[C@H](OCc2ccccc2)[C@H]1OC(C)=O. The van der Waals surface area contributed by atoms with E-state index in [9.17, 15) is 20.2 Å². The van der Waals surface area contributed by atoms with E-state index in [1.165, 1.54) is 20.1 Å². The smallest absolute Gasteiger partial charge is 0.337 e. The van der Waals surface area contributed by atoms with Crippen LogP contribution < -0.4 is 0 Å². The third kappa shape index (κ3) is 10.9. The Bertz CT molecular complexity index is 1660. The van der Waals surface area contributed by atoms with Crippen molar-refractivity contribution in [3.8, 4) is 0 Å². The van der Waals surface area contributed by atoms with Gasteiger partial charge in [0.05, 0.1) is 46.2 Å². The average molecular weight is 748 g/mol. The number of aliphatic hydroxyl groups excluding tert-OH is 1. The van der Waals surface area contributed by atoms with E-state index in [0.29, 0.717) is 0 Å². The highest BCUT2D eigenvalue weighted by Gasteiger charge is 2.56. The molecule has 0 unspecified atom stereocenters. The Morgan fingerprint density at radius 2 is 1.39 bits per heavy atom. The molecule has 0 aliphatic carbocycles. The number of azide groups is 1. The number of esters is 2. The number of aliphatic hydroxyl groups is 1. The Morgan fingerprint density at radius 3 is 1.93 bits per heavy atom. The molecule has 0 saturated carbocycles. The first-order valence-electron chi connectivity index (χ1n) is 17.4. The number of benzene rings is 3. The Morgan fingerprint density at radius 1 is 0.815 bits per heavy atom. The second-order valence-corrected chi connectivity index (χ2v) is 12.5. The van der Waals surface area contributed by atoms with Crippen LogP contribution in [0.2, 0.25) is 0 Å². The minimum atomic E-state index is -1.53. The maximum Gasteiger partial charge on any atom is 0.337 e. The third-order valence-electron chi connectivity index (χ3n) is 8.69. The van der Waals surface area contributed by atoms with Gasteiger partial charge in [-0.3, -0.25) is 4.79 Å². The van der Waals surface area contributed by atoms with Crippen LogP contribution in [0.25, 0.3) is 10.4 Å². The molecular formula is C39H45N3O12. The van der Waals surface area contributed by atoms with E-state index < -0.39 is 73.3 Å². The molecule has 2 saturated heterocycles. The highest BCUT2D eigenvalue weighted by molar-refractivity contribution is 5.75. The lowest BCUT2D eigenvalue weighted by molar-refractivity contribution is -0.347. The zero-order valence-electron chi connectivity index (χ0n) is 30.0. The number of hydrogen-bond donors (Lipinski definition) is 1. The first kappa shape index (κ1) is 40.5. The number of methoxy groups -OCH3 is 1. The van der Waals surface area contributed by atoms with Gasteiger partial charge in [-0.25, -0.2) is 4.79 Å². The summed E-state index contributed by atoms with van der Waals surface area (Å²) in [6, 6.07) is 26.5. The molecule has 15 heteroatoms. The molecule has 0 bridgehead atoms. The lowest BCUT2D eigenvalue weighted by Gasteiger charge is -2.48. The third-order valence-corrected chi connectivity index (χ3v) is 8.69. The van der Waals surface area contributed by atoms with Gasteiger partial charge in [0.1, 0.15) is 30.5 Å². The van der Waals surface area contributed by atoms with Gasteiger partial charge in [0.15, 0.2) is 24.8 Å². The highest BCUT2D eigenvalue weighted by Crippen LogP contribution is 2.35. The molecule has 5 rings (SSSR count). The van der Waals surface area contributed by atoms with Crippen molar-refractivity contribution in [1.82, 2.24) is 0 Å². The first-order valence-corrected chi connectivity index (χ1v) is 17.4. The second kappa shape index (κ2) is 20.7. The van der Waals surface area contributed by atoms with Gasteiger partial charge in [0.2, 0.25) is 0 Å². The van der Waals surface area contributed by atoms with Crippen LogP contribution in [0.5, 0.6) is 0 Å². The summed E-state index contributed by atoms with van der Waals surface area (Å²) < 4.78 is 54.2. The van der Waals surface area contributed by atoms with Crippen molar-refractivity contribution < 1.29 is 57.3 Å². The molecule has 2 heterocycles. The summed E-state index contributed by atoms with van der Waals surface area (Å²) in [7, 11) is 1.17. The van der Waals surface area contributed by atoms with Crippen molar-refractivity contribution in [2.45, 2.75) is 88.1 Å². The number of hydrogen-bond acceptors (Lipinski definition) is 13. The monoisotopic (exact) mass is 747 g/mol. The molecule has 3 aromatic carbocycles. The molecule has 2 fully saturated rings. The molecule has 0 amide bonds. The quantitative estimate of drug-likeness (QED) is 0.0630. The van der Waals surface area contributed by atoms with E-state index in [0.717, 1.165) is 16.7 Å². The number of rotatable bonds is 18. The van der Waals surface area contributed by atoms with E-state index in [1.54, 1.807) is 0 Å². The van der Waals surface area contributed by atoms with Crippen LogP contribution >= 0.6 is 0 Å². The molecular weight excluding hydrogens is 702 g/mol. The number of ether oxygens (including phenoxy) is 9. The number of carbonyl (C=O) groups is 2. The zero-order valence-corrected chi connectivity index (χ0v) is 30.0. The van der Waals surface area contributed by atoms with Gasteiger partial charge in [0.25, 0.3) is 0 Å². The lowest BCUT2D eigenvalue weighted by Crippen LogP contribution is -2.66. The molecule has 54 heavy (non-hydrogen) atoms. The average Bonchev–Trinajstić information content (AvgIpc) is 3.19. The molecule has 2 aliphatic rings. The topological polar surface area (TPSA) is 186 Å².